The standard InChI is InChI=1S/C19H23NO/c1-14(17-6-4-8-19(12-17)21-2)20-13-15-9-10-16-5-3-7-18(16)11-15/h4,6,8-12,14,20H,3,5,7,13H2,1-2H3/t14-/m1/s1. The zero-order valence-electron chi connectivity index (χ0n) is 12.9. The quantitative estimate of drug-likeness (QED) is 0.893. The molecule has 0 aliphatic heterocycles. The molecule has 0 saturated carbocycles. The van der Waals surface area contributed by atoms with E-state index in [1.807, 2.05) is 12.1 Å². The summed E-state index contributed by atoms with van der Waals surface area (Å²) in [7, 11) is 1.71. The summed E-state index contributed by atoms with van der Waals surface area (Å²) in [5, 5.41) is 3.60. The Morgan fingerprint density at radius 3 is 2.81 bits per heavy atom. The fourth-order valence-electron chi connectivity index (χ4n) is 3.03. The summed E-state index contributed by atoms with van der Waals surface area (Å²) < 4.78 is 5.29. The number of ether oxygens (including phenoxy) is 1. The fourth-order valence-corrected chi connectivity index (χ4v) is 3.03. The summed E-state index contributed by atoms with van der Waals surface area (Å²) in [6.45, 7) is 3.10. The van der Waals surface area contributed by atoms with Crippen molar-refractivity contribution in [1.82, 2.24) is 5.32 Å². The third-order valence-corrected chi connectivity index (χ3v) is 4.37. The lowest BCUT2D eigenvalue weighted by Gasteiger charge is -2.15. The molecule has 0 amide bonds. The second kappa shape index (κ2) is 6.31. The molecule has 0 bridgehead atoms. The van der Waals surface area contributed by atoms with Gasteiger partial charge in [0, 0.05) is 12.6 Å². The first-order chi connectivity index (χ1) is 10.3. The second-order valence-corrected chi connectivity index (χ2v) is 5.84. The molecule has 1 aliphatic carbocycles. The fraction of sp³-hybridized carbons (Fsp3) is 0.368. The van der Waals surface area contributed by atoms with Crippen molar-refractivity contribution < 1.29 is 4.74 Å². The van der Waals surface area contributed by atoms with Crippen LogP contribution >= 0.6 is 0 Å². The van der Waals surface area contributed by atoms with Gasteiger partial charge in [-0.25, -0.2) is 0 Å². The van der Waals surface area contributed by atoms with Crippen molar-refractivity contribution in [3.05, 3.63) is 64.7 Å². The van der Waals surface area contributed by atoms with Crippen LogP contribution < -0.4 is 10.1 Å². The van der Waals surface area contributed by atoms with E-state index in [2.05, 4.69) is 42.6 Å². The number of fused-ring (bicyclic) bond motifs is 1. The molecule has 110 valence electrons. The maximum Gasteiger partial charge on any atom is 0.119 e. The number of hydrogen-bond acceptors (Lipinski definition) is 2. The molecule has 2 aromatic carbocycles. The van der Waals surface area contributed by atoms with E-state index in [9.17, 15) is 0 Å². The molecular weight excluding hydrogens is 258 g/mol. The highest BCUT2D eigenvalue weighted by atomic mass is 16.5. The highest BCUT2D eigenvalue weighted by Gasteiger charge is 2.11. The van der Waals surface area contributed by atoms with Crippen molar-refractivity contribution >= 4 is 0 Å². The molecule has 1 N–H and O–H groups in total. The van der Waals surface area contributed by atoms with E-state index >= 15 is 0 Å². The van der Waals surface area contributed by atoms with Crippen molar-refractivity contribution in [2.45, 2.75) is 38.8 Å². The number of methoxy groups -OCH3 is 1. The molecule has 0 spiro atoms. The minimum Gasteiger partial charge on any atom is -0.497 e. The number of rotatable bonds is 5. The van der Waals surface area contributed by atoms with Crippen LogP contribution in [0.4, 0.5) is 0 Å². The van der Waals surface area contributed by atoms with Crippen LogP contribution in [0.5, 0.6) is 5.75 Å². The molecule has 2 heteroatoms. The smallest absolute Gasteiger partial charge is 0.119 e. The van der Waals surface area contributed by atoms with Gasteiger partial charge in [0.2, 0.25) is 0 Å². The summed E-state index contributed by atoms with van der Waals surface area (Å²) in [6.07, 6.45) is 3.81. The normalized spacial score (nSPS) is 14.8. The molecule has 0 radical (unpaired) electrons. The van der Waals surface area contributed by atoms with Crippen molar-refractivity contribution in [2.24, 2.45) is 0 Å². The van der Waals surface area contributed by atoms with Gasteiger partial charge in [0.1, 0.15) is 5.75 Å². The Morgan fingerprint density at radius 1 is 1.10 bits per heavy atom. The Kier molecular flexibility index (Phi) is 4.26. The molecule has 2 aromatic rings. The molecule has 0 saturated heterocycles. The van der Waals surface area contributed by atoms with Crippen LogP contribution in [0.2, 0.25) is 0 Å². The second-order valence-electron chi connectivity index (χ2n) is 5.84. The van der Waals surface area contributed by atoms with E-state index in [1.54, 1.807) is 18.2 Å². The zero-order valence-corrected chi connectivity index (χ0v) is 12.9. The predicted octanol–water partition coefficient (Wildman–Crippen LogP) is 4.03. The van der Waals surface area contributed by atoms with Crippen molar-refractivity contribution in [3.63, 3.8) is 0 Å². The SMILES string of the molecule is COc1cccc([C@@H](C)NCc2ccc3c(c2)CCC3)c1. The van der Waals surface area contributed by atoms with Gasteiger partial charge >= 0.3 is 0 Å². The van der Waals surface area contributed by atoms with Gasteiger partial charge in [-0.2, -0.15) is 0 Å². The Bertz CT molecular complexity index is 621. The van der Waals surface area contributed by atoms with Gasteiger partial charge in [-0.3, -0.25) is 0 Å². The Balaban J connectivity index is 1.64. The Morgan fingerprint density at radius 2 is 1.95 bits per heavy atom. The summed E-state index contributed by atoms with van der Waals surface area (Å²) in [5.74, 6) is 0.915. The molecule has 21 heavy (non-hydrogen) atoms. The van der Waals surface area contributed by atoms with Gasteiger partial charge in [0.15, 0.2) is 0 Å². The third kappa shape index (κ3) is 3.27. The number of hydrogen-bond donors (Lipinski definition) is 1. The topological polar surface area (TPSA) is 21.3 Å². The summed E-state index contributed by atoms with van der Waals surface area (Å²) in [6, 6.07) is 15.5. The monoisotopic (exact) mass is 281 g/mol. The largest absolute Gasteiger partial charge is 0.497 e. The van der Waals surface area contributed by atoms with E-state index in [0.29, 0.717) is 6.04 Å². The highest BCUT2D eigenvalue weighted by Crippen LogP contribution is 2.23. The van der Waals surface area contributed by atoms with Crippen LogP contribution in [0.15, 0.2) is 42.5 Å². The van der Waals surface area contributed by atoms with Gasteiger partial charge in [0.25, 0.3) is 0 Å². The zero-order chi connectivity index (χ0) is 14.7. The molecular formula is C19H23NO. The van der Waals surface area contributed by atoms with Gasteiger partial charge in [-0.15, -0.1) is 0 Å². The van der Waals surface area contributed by atoms with Gasteiger partial charge in [0.05, 0.1) is 7.11 Å². The lowest BCUT2D eigenvalue weighted by atomic mass is 10.0. The van der Waals surface area contributed by atoms with Crippen LogP contribution in [0, 0.1) is 0 Å². The molecule has 2 nitrogen and oxygen atoms in total. The van der Waals surface area contributed by atoms with Gasteiger partial charge < -0.3 is 10.1 Å². The van der Waals surface area contributed by atoms with Crippen molar-refractivity contribution in [2.75, 3.05) is 7.11 Å². The first kappa shape index (κ1) is 14.2. The molecule has 0 fully saturated rings. The minimum absolute atomic E-state index is 0.313. The molecule has 0 aromatic heterocycles. The van der Waals surface area contributed by atoms with E-state index < -0.39 is 0 Å². The maximum absolute atomic E-state index is 5.29. The van der Waals surface area contributed by atoms with Crippen molar-refractivity contribution in [1.29, 1.82) is 0 Å². The third-order valence-electron chi connectivity index (χ3n) is 4.37. The Labute approximate surface area is 127 Å². The van der Waals surface area contributed by atoms with Crippen molar-refractivity contribution in [3.8, 4) is 5.75 Å². The predicted molar refractivity (Wildman–Crippen MR) is 86.7 cm³/mol. The van der Waals surface area contributed by atoms with Gasteiger partial charge in [-0.1, -0.05) is 30.3 Å². The van der Waals surface area contributed by atoms with E-state index in [1.165, 1.54) is 30.4 Å². The van der Waals surface area contributed by atoms with Crippen LogP contribution in [0.1, 0.15) is 41.6 Å². The molecule has 1 atom stereocenters. The highest BCUT2D eigenvalue weighted by molar-refractivity contribution is 5.35. The number of benzene rings is 2. The van der Waals surface area contributed by atoms with Crippen LogP contribution in [0.25, 0.3) is 0 Å². The summed E-state index contributed by atoms with van der Waals surface area (Å²) in [4.78, 5) is 0. The summed E-state index contributed by atoms with van der Waals surface area (Å²) >= 11 is 0. The van der Waals surface area contributed by atoms with Crippen LogP contribution in [-0.4, -0.2) is 7.11 Å². The average Bonchev–Trinajstić information content (AvgIpc) is 3.00. The molecule has 3 rings (SSSR count). The number of nitrogens with one attached hydrogen (secondary N) is 1. The molecule has 0 unspecified atom stereocenters. The van der Waals surface area contributed by atoms with E-state index in [-0.39, 0.29) is 0 Å². The molecule has 1 aliphatic rings. The van der Waals surface area contributed by atoms with Gasteiger partial charge in [-0.05, 0) is 60.6 Å². The lowest BCUT2D eigenvalue weighted by molar-refractivity contribution is 0.413. The summed E-state index contributed by atoms with van der Waals surface area (Å²) in [5.41, 5.74) is 5.73. The first-order valence-electron chi connectivity index (χ1n) is 7.74. The maximum atomic E-state index is 5.29. The van der Waals surface area contributed by atoms with E-state index in [4.69, 9.17) is 4.74 Å². The lowest BCUT2D eigenvalue weighted by Crippen LogP contribution is -2.18. The number of aryl methyl sites for hydroxylation is 2. The average molecular weight is 281 g/mol. The van der Waals surface area contributed by atoms with Crippen LogP contribution in [-0.2, 0) is 19.4 Å². The van der Waals surface area contributed by atoms with Crippen LogP contribution in [0.3, 0.4) is 0 Å². The minimum atomic E-state index is 0.313. The first-order valence-corrected chi connectivity index (χ1v) is 7.74. The molecule has 0 heterocycles. The van der Waals surface area contributed by atoms with E-state index in [0.717, 1.165) is 12.3 Å². The Hall–Kier alpha value is -1.80.